The van der Waals surface area contributed by atoms with Gasteiger partial charge in [0.05, 0.1) is 6.54 Å². The summed E-state index contributed by atoms with van der Waals surface area (Å²) in [6.07, 6.45) is 2.72. The topological polar surface area (TPSA) is 55.9 Å². The summed E-state index contributed by atoms with van der Waals surface area (Å²) < 4.78 is 0. The number of carbonyl (C=O) groups is 2. The SMILES string of the molecule is CNCCCC(=O)N1CCN(CC(=O)N2CC(C)CC(C)C2)CC1.Cl.Cl. The molecule has 2 unspecified atom stereocenters. The number of hydrogen-bond donors (Lipinski definition) is 1. The third kappa shape index (κ3) is 7.99. The largest absolute Gasteiger partial charge is 0.341 e. The van der Waals surface area contributed by atoms with E-state index in [1.54, 1.807) is 0 Å². The molecule has 26 heavy (non-hydrogen) atoms. The van der Waals surface area contributed by atoms with Crippen LogP contribution in [0.5, 0.6) is 0 Å². The molecule has 8 heteroatoms. The lowest BCUT2D eigenvalue weighted by atomic mass is 9.92. The molecular weight excluding hydrogens is 375 g/mol. The number of piperazine rings is 1. The Hall–Kier alpha value is -0.560. The Labute approximate surface area is 170 Å². The first kappa shape index (κ1) is 25.4. The van der Waals surface area contributed by atoms with Crippen molar-refractivity contribution in [3.05, 3.63) is 0 Å². The van der Waals surface area contributed by atoms with Crippen molar-refractivity contribution in [2.45, 2.75) is 33.1 Å². The molecule has 2 atom stereocenters. The first-order valence-electron chi connectivity index (χ1n) is 9.42. The number of likely N-dealkylation sites (tertiary alicyclic amines) is 1. The summed E-state index contributed by atoms with van der Waals surface area (Å²) in [5.41, 5.74) is 0. The van der Waals surface area contributed by atoms with Gasteiger partial charge in [0.25, 0.3) is 0 Å². The third-order valence-corrected chi connectivity index (χ3v) is 5.12. The third-order valence-electron chi connectivity index (χ3n) is 5.12. The molecule has 2 rings (SSSR count). The van der Waals surface area contributed by atoms with E-state index in [1.807, 2.05) is 16.8 Å². The molecule has 2 saturated heterocycles. The molecule has 2 aliphatic heterocycles. The predicted molar refractivity (Wildman–Crippen MR) is 110 cm³/mol. The average Bonchev–Trinajstić information content (AvgIpc) is 2.54. The first-order chi connectivity index (χ1) is 11.5. The van der Waals surface area contributed by atoms with E-state index in [1.165, 1.54) is 6.42 Å². The molecule has 0 radical (unpaired) electrons. The second kappa shape index (κ2) is 12.8. The molecule has 2 fully saturated rings. The standard InChI is InChI=1S/C18H34N4O2.2ClH/c1-15-11-16(2)13-22(12-15)18(24)14-20-7-9-21(10-8-20)17(23)5-4-6-19-3;;/h15-16,19H,4-14H2,1-3H3;2*1H. The van der Waals surface area contributed by atoms with Crippen LogP contribution in [0.1, 0.15) is 33.1 Å². The van der Waals surface area contributed by atoms with Crippen LogP contribution < -0.4 is 5.32 Å². The van der Waals surface area contributed by atoms with E-state index < -0.39 is 0 Å². The molecule has 2 amide bonds. The van der Waals surface area contributed by atoms with Gasteiger partial charge in [-0.3, -0.25) is 14.5 Å². The Morgan fingerprint density at radius 1 is 0.923 bits per heavy atom. The second-order valence-electron chi connectivity index (χ2n) is 7.61. The molecule has 0 aliphatic carbocycles. The Bertz CT molecular complexity index is 421. The van der Waals surface area contributed by atoms with Crippen LogP contribution in [0.2, 0.25) is 0 Å². The van der Waals surface area contributed by atoms with Crippen LogP contribution in [-0.2, 0) is 9.59 Å². The summed E-state index contributed by atoms with van der Waals surface area (Å²) in [6, 6.07) is 0. The zero-order chi connectivity index (χ0) is 17.5. The smallest absolute Gasteiger partial charge is 0.236 e. The Morgan fingerprint density at radius 3 is 2.04 bits per heavy atom. The fourth-order valence-corrected chi connectivity index (χ4v) is 3.89. The van der Waals surface area contributed by atoms with Crippen molar-refractivity contribution >= 4 is 36.6 Å². The molecule has 2 heterocycles. The van der Waals surface area contributed by atoms with Crippen LogP contribution >= 0.6 is 24.8 Å². The minimum atomic E-state index is 0. The molecule has 0 aromatic heterocycles. The monoisotopic (exact) mass is 410 g/mol. The van der Waals surface area contributed by atoms with Gasteiger partial charge in [0, 0.05) is 45.7 Å². The van der Waals surface area contributed by atoms with Crippen LogP contribution in [0, 0.1) is 11.8 Å². The number of amides is 2. The van der Waals surface area contributed by atoms with Gasteiger partial charge in [-0.2, -0.15) is 0 Å². The number of piperidine rings is 1. The highest BCUT2D eigenvalue weighted by Crippen LogP contribution is 2.21. The zero-order valence-corrected chi connectivity index (χ0v) is 18.0. The molecule has 0 aromatic carbocycles. The summed E-state index contributed by atoms with van der Waals surface area (Å²) in [5, 5.41) is 3.07. The van der Waals surface area contributed by atoms with Crippen LogP contribution in [-0.4, -0.2) is 85.9 Å². The molecule has 2 aliphatic rings. The van der Waals surface area contributed by atoms with Crippen molar-refractivity contribution in [3.63, 3.8) is 0 Å². The maximum atomic E-state index is 12.5. The van der Waals surface area contributed by atoms with E-state index >= 15 is 0 Å². The summed E-state index contributed by atoms with van der Waals surface area (Å²) in [7, 11) is 1.91. The Balaban J connectivity index is 0.00000312. The van der Waals surface area contributed by atoms with Crippen molar-refractivity contribution in [1.82, 2.24) is 20.0 Å². The van der Waals surface area contributed by atoms with Crippen molar-refractivity contribution < 1.29 is 9.59 Å². The molecule has 0 spiro atoms. The van der Waals surface area contributed by atoms with Crippen LogP contribution in [0.25, 0.3) is 0 Å². The Kier molecular flexibility index (Phi) is 12.5. The highest BCUT2D eigenvalue weighted by molar-refractivity contribution is 5.85. The lowest BCUT2D eigenvalue weighted by Crippen LogP contribution is -2.53. The fraction of sp³-hybridized carbons (Fsp3) is 0.889. The van der Waals surface area contributed by atoms with Crippen molar-refractivity contribution in [2.24, 2.45) is 11.8 Å². The Morgan fingerprint density at radius 2 is 1.50 bits per heavy atom. The number of rotatable bonds is 6. The second-order valence-corrected chi connectivity index (χ2v) is 7.61. The van der Waals surface area contributed by atoms with Crippen LogP contribution in [0.4, 0.5) is 0 Å². The average molecular weight is 411 g/mol. The summed E-state index contributed by atoms with van der Waals surface area (Å²) in [4.78, 5) is 30.8. The number of halogens is 2. The fourth-order valence-electron chi connectivity index (χ4n) is 3.89. The number of carbonyl (C=O) groups excluding carboxylic acids is 2. The van der Waals surface area contributed by atoms with E-state index in [-0.39, 0.29) is 36.6 Å². The van der Waals surface area contributed by atoms with E-state index in [4.69, 9.17) is 0 Å². The van der Waals surface area contributed by atoms with Gasteiger partial charge in [0.1, 0.15) is 0 Å². The summed E-state index contributed by atoms with van der Waals surface area (Å²) in [6.45, 7) is 10.7. The quantitative estimate of drug-likeness (QED) is 0.673. The summed E-state index contributed by atoms with van der Waals surface area (Å²) in [5.74, 6) is 1.70. The van der Waals surface area contributed by atoms with Crippen molar-refractivity contribution in [2.75, 3.05) is 59.4 Å². The van der Waals surface area contributed by atoms with Gasteiger partial charge >= 0.3 is 0 Å². The lowest BCUT2D eigenvalue weighted by Gasteiger charge is -2.38. The minimum absolute atomic E-state index is 0. The summed E-state index contributed by atoms with van der Waals surface area (Å²) >= 11 is 0. The van der Waals surface area contributed by atoms with Gasteiger partial charge in [-0.05, 0) is 38.3 Å². The van der Waals surface area contributed by atoms with E-state index in [2.05, 4.69) is 24.1 Å². The van der Waals surface area contributed by atoms with Crippen molar-refractivity contribution in [3.8, 4) is 0 Å². The lowest BCUT2D eigenvalue weighted by molar-refractivity contribution is -0.136. The number of hydrogen-bond acceptors (Lipinski definition) is 4. The van der Waals surface area contributed by atoms with Gasteiger partial charge in [-0.1, -0.05) is 13.8 Å². The normalized spacial score (nSPS) is 23.8. The van der Waals surface area contributed by atoms with Crippen molar-refractivity contribution in [1.29, 1.82) is 0 Å². The van der Waals surface area contributed by atoms with Gasteiger partial charge in [-0.25, -0.2) is 0 Å². The molecule has 6 nitrogen and oxygen atoms in total. The van der Waals surface area contributed by atoms with E-state index in [9.17, 15) is 9.59 Å². The predicted octanol–water partition coefficient (Wildman–Crippen LogP) is 1.48. The molecule has 0 aromatic rings. The van der Waals surface area contributed by atoms with Gasteiger partial charge < -0.3 is 15.1 Å². The number of nitrogens with one attached hydrogen (secondary N) is 1. The van der Waals surface area contributed by atoms with Gasteiger partial charge in [-0.15, -0.1) is 24.8 Å². The minimum Gasteiger partial charge on any atom is -0.341 e. The maximum Gasteiger partial charge on any atom is 0.236 e. The van der Waals surface area contributed by atoms with Gasteiger partial charge in [0.2, 0.25) is 11.8 Å². The molecule has 1 N–H and O–H groups in total. The molecule has 0 saturated carbocycles. The highest BCUT2D eigenvalue weighted by atomic mass is 35.5. The van der Waals surface area contributed by atoms with E-state index in [0.717, 1.165) is 52.2 Å². The first-order valence-corrected chi connectivity index (χ1v) is 9.42. The van der Waals surface area contributed by atoms with Crippen LogP contribution in [0.3, 0.4) is 0 Å². The van der Waals surface area contributed by atoms with Gasteiger partial charge in [0.15, 0.2) is 0 Å². The van der Waals surface area contributed by atoms with E-state index in [0.29, 0.717) is 24.8 Å². The van der Waals surface area contributed by atoms with Crippen LogP contribution in [0.15, 0.2) is 0 Å². The highest BCUT2D eigenvalue weighted by Gasteiger charge is 2.28. The zero-order valence-electron chi connectivity index (χ0n) is 16.4. The molecular formula is C18H36Cl2N4O2. The maximum absolute atomic E-state index is 12.5. The molecule has 154 valence electrons. The number of nitrogens with zero attached hydrogens (tertiary/aromatic N) is 3. The molecule has 0 bridgehead atoms.